The molecule has 12 heteroatoms. The van der Waals surface area contributed by atoms with Gasteiger partial charge in [0.05, 0.1) is 12.8 Å². The molecule has 0 saturated heterocycles. The second-order valence-corrected chi connectivity index (χ2v) is 3.42. The predicted molar refractivity (Wildman–Crippen MR) is 47.7 cm³/mol. The third-order valence-electron chi connectivity index (χ3n) is 1.78. The normalized spacial score (nSPS) is 14.1. The Morgan fingerprint density at radius 2 is 1.50 bits per heavy atom. The molecular formula is C8H7F3O9. The van der Waals surface area contributed by atoms with Crippen LogP contribution in [-0.2, 0) is 28.8 Å². The first-order chi connectivity index (χ1) is 8.92. The molecule has 0 heterocycles. The second-order valence-electron chi connectivity index (χ2n) is 3.42. The van der Waals surface area contributed by atoms with Gasteiger partial charge in [-0.1, -0.05) is 0 Å². The average Bonchev–Trinajstić information content (AvgIpc) is 2.24. The summed E-state index contributed by atoms with van der Waals surface area (Å²) < 4.78 is 38.5. The fourth-order valence-corrected chi connectivity index (χ4v) is 0.978. The smallest absolute Gasteiger partial charge is 0.481 e. The largest absolute Gasteiger partial charge is 0.491 e. The SMILES string of the molecule is O=C(O)CC(O)(CC(=O)OC(=O)C(F)(F)F)C(=O)OO. The van der Waals surface area contributed by atoms with Crippen molar-refractivity contribution < 1.29 is 57.4 Å². The molecule has 1 unspecified atom stereocenters. The summed E-state index contributed by atoms with van der Waals surface area (Å²) in [4.78, 5) is 45.5. The molecule has 0 spiro atoms. The molecule has 0 radical (unpaired) electrons. The molecule has 0 aromatic heterocycles. The van der Waals surface area contributed by atoms with Gasteiger partial charge in [-0.25, -0.2) is 9.59 Å². The van der Waals surface area contributed by atoms with E-state index in [2.05, 4.69) is 9.62 Å². The van der Waals surface area contributed by atoms with Crippen LogP contribution in [0.3, 0.4) is 0 Å². The summed E-state index contributed by atoms with van der Waals surface area (Å²) in [5.41, 5.74) is -3.19. The van der Waals surface area contributed by atoms with Gasteiger partial charge in [-0.3, -0.25) is 14.5 Å². The van der Waals surface area contributed by atoms with Crippen LogP contribution >= 0.6 is 0 Å². The Bertz CT molecular complexity index is 429. The van der Waals surface area contributed by atoms with Crippen molar-refractivity contribution in [2.45, 2.75) is 24.6 Å². The van der Waals surface area contributed by atoms with Crippen LogP contribution in [-0.4, -0.2) is 51.1 Å². The first-order valence-corrected chi connectivity index (χ1v) is 4.54. The number of halogens is 3. The minimum absolute atomic E-state index is 1.48. The standard InChI is InChI=1S/C8H7F3O9/c9-8(10,11)6(16)19-4(14)2-7(17,1-3(12)13)5(15)20-18/h17-18H,1-2H2,(H,12,13). The lowest BCUT2D eigenvalue weighted by molar-refractivity contribution is -0.253. The molecule has 3 N–H and O–H groups in total. The molecular weight excluding hydrogens is 297 g/mol. The molecule has 114 valence electrons. The van der Waals surface area contributed by atoms with E-state index in [4.69, 9.17) is 10.4 Å². The monoisotopic (exact) mass is 304 g/mol. The molecule has 0 fully saturated rings. The average molecular weight is 304 g/mol. The van der Waals surface area contributed by atoms with Crippen molar-refractivity contribution in [1.29, 1.82) is 0 Å². The van der Waals surface area contributed by atoms with Gasteiger partial charge in [0.15, 0.2) is 5.60 Å². The highest BCUT2D eigenvalue weighted by Gasteiger charge is 2.47. The Balaban J connectivity index is 4.92. The van der Waals surface area contributed by atoms with E-state index in [0.29, 0.717) is 0 Å². The van der Waals surface area contributed by atoms with Crippen molar-refractivity contribution in [2.75, 3.05) is 0 Å². The fourth-order valence-electron chi connectivity index (χ4n) is 0.978. The lowest BCUT2D eigenvalue weighted by Gasteiger charge is -2.20. The number of carbonyl (C=O) groups excluding carboxylic acids is 3. The number of hydrogen-bond acceptors (Lipinski definition) is 8. The minimum Gasteiger partial charge on any atom is -0.481 e. The van der Waals surface area contributed by atoms with E-state index in [1.807, 2.05) is 0 Å². The van der Waals surface area contributed by atoms with Crippen LogP contribution < -0.4 is 0 Å². The first kappa shape index (κ1) is 17.8. The highest BCUT2D eigenvalue weighted by atomic mass is 19.4. The van der Waals surface area contributed by atoms with E-state index < -0.39 is 48.5 Å². The fraction of sp³-hybridized carbons (Fsp3) is 0.500. The number of aliphatic carboxylic acids is 1. The zero-order chi connectivity index (χ0) is 16.1. The van der Waals surface area contributed by atoms with Crippen molar-refractivity contribution in [3.05, 3.63) is 0 Å². The van der Waals surface area contributed by atoms with Gasteiger partial charge in [0, 0.05) is 0 Å². The second kappa shape index (κ2) is 6.29. The quantitative estimate of drug-likeness (QED) is 0.258. The van der Waals surface area contributed by atoms with Crippen LogP contribution in [0.2, 0.25) is 0 Å². The lowest BCUT2D eigenvalue weighted by atomic mass is 9.96. The molecule has 0 aromatic carbocycles. The van der Waals surface area contributed by atoms with Gasteiger partial charge in [0.1, 0.15) is 0 Å². The molecule has 20 heavy (non-hydrogen) atoms. The minimum atomic E-state index is -5.50. The number of rotatable bonds is 5. The zero-order valence-electron chi connectivity index (χ0n) is 9.34. The van der Waals surface area contributed by atoms with E-state index in [-0.39, 0.29) is 0 Å². The van der Waals surface area contributed by atoms with Gasteiger partial charge in [0.2, 0.25) is 0 Å². The number of alkyl halides is 3. The number of carboxylic acid groups (broad SMARTS) is 1. The molecule has 0 aliphatic carbocycles. The number of esters is 2. The molecule has 0 bridgehead atoms. The Morgan fingerprint density at radius 1 is 1.00 bits per heavy atom. The zero-order valence-corrected chi connectivity index (χ0v) is 9.34. The maximum atomic E-state index is 11.8. The molecule has 0 aliphatic rings. The Labute approximate surface area is 107 Å². The first-order valence-electron chi connectivity index (χ1n) is 4.54. The van der Waals surface area contributed by atoms with Crippen molar-refractivity contribution in [2.24, 2.45) is 0 Å². The molecule has 9 nitrogen and oxygen atoms in total. The van der Waals surface area contributed by atoms with Crippen LogP contribution in [0, 0.1) is 0 Å². The van der Waals surface area contributed by atoms with Crippen LogP contribution in [0.1, 0.15) is 12.8 Å². The van der Waals surface area contributed by atoms with E-state index in [1.54, 1.807) is 0 Å². The summed E-state index contributed by atoms with van der Waals surface area (Å²) >= 11 is 0. The Kier molecular flexibility index (Phi) is 5.60. The Morgan fingerprint density at radius 3 is 1.85 bits per heavy atom. The van der Waals surface area contributed by atoms with Crippen molar-refractivity contribution in [3.63, 3.8) is 0 Å². The predicted octanol–water partition coefficient (Wildman–Crippen LogP) is -0.769. The van der Waals surface area contributed by atoms with E-state index in [9.17, 15) is 37.5 Å². The van der Waals surface area contributed by atoms with E-state index in [0.717, 1.165) is 0 Å². The van der Waals surface area contributed by atoms with Gasteiger partial charge < -0.3 is 14.9 Å². The summed E-state index contributed by atoms with van der Waals surface area (Å²) in [5, 5.41) is 25.8. The maximum Gasteiger partial charge on any atom is 0.491 e. The number of hydrogen-bond donors (Lipinski definition) is 3. The van der Waals surface area contributed by atoms with Gasteiger partial charge >= 0.3 is 30.1 Å². The molecule has 0 saturated carbocycles. The van der Waals surface area contributed by atoms with Crippen molar-refractivity contribution in [3.8, 4) is 0 Å². The molecule has 0 aromatic rings. The summed E-state index contributed by atoms with van der Waals surface area (Å²) in [7, 11) is 0. The Hall–Kier alpha value is -2.21. The number of aliphatic hydroxyl groups is 1. The summed E-state index contributed by atoms with van der Waals surface area (Å²) in [6, 6.07) is 0. The van der Waals surface area contributed by atoms with Gasteiger partial charge in [-0.15, -0.1) is 0 Å². The maximum absolute atomic E-state index is 11.8. The van der Waals surface area contributed by atoms with Crippen LogP contribution in [0.4, 0.5) is 13.2 Å². The van der Waals surface area contributed by atoms with Gasteiger partial charge in [-0.2, -0.15) is 18.4 Å². The molecule has 0 rings (SSSR count). The number of carboxylic acids is 1. The van der Waals surface area contributed by atoms with Crippen molar-refractivity contribution >= 4 is 23.9 Å². The molecule has 0 aliphatic heterocycles. The van der Waals surface area contributed by atoms with Crippen LogP contribution in [0.15, 0.2) is 0 Å². The highest BCUT2D eigenvalue weighted by Crippen LogP contribution is 2.21. The molecule has 0 amide bonds. The summed E-state index contributed by atoms with van der Waals surface area (Å²) in [5.74, 6) is -8.82. The van der Waals surface area contributed by atoms with Crippen molar-refractivity contribution in [1.82, 2.24) is 0 Å². The molecule has 1 atom stereocenters. The highest BCUT2D eigenvalue weighted by molar-refractivity contribution is 5.93. The van der Waals surface area contributed by atoms with Gasteiger partial charge in [-0.05, 0) is 0 Å². The van der Waals surface area contributed by atoms with Crippen LogP contribution in [0.5, 0.6) is 0 Å². The third-order valence-corrected chi connectivity index (χ3v) is 1.78. The van der Waals surface area contributed by atoms with E-state index >= 15 is 0 Å². The lowest BCUT2D eigenvalue weighted by Crippen LogP contribution is -2.44. The topological polar surface area (TPSA) is 147 Å². The third kappa shape index (κ3) is 5.19. The number of ether oxygens (including phenoxy) is 1. The van der Waals surface area contributed by atoms with Gasteiger partial charge in [0.25, 0.3) is 0 Å². The van der Waals surface area contributed by atoms with Crippen LogP contribution in [0.25, 0.3) is 0 Å². The summed E-state index contributed by atoms with van der Waals surface area (Å²) in [6.07, 6.45) is -8.64. The number of carbonyl (C=O) groups is 4. The summed E-state index contributed by atoms with van der Waals surface area (Å²) in [6.45, 7) is 0. The van der Waals surface area contributed by atoms with E-state index in [1.165, 1.54) is 0 Å².